The minimum absolute atomic E-state index is 0.937. The monoisotopic (exact) mass is 247 g/mol. The Kier molecular flexibility index (Phi) is 3.72. The summed E-state index contributed by atoms with van der Waals surface area (Å²) in [7, 11) is -1.24. The summed E-state index contributed by atoms with van der Waals surface area (Å²) in [5.41, 5.74) is 2.78. The van der Waals surface area contributed by atoms with Gasteiger partial charge in [0.1, 0.15) is 0 Å². The summed E-state index contributed by atoms with van der Waals surface area (Å²) in [6.07, 6.45) is 9.21. The van der Waals surface area contributed by atoms with Crippen molar-refractivity contribution in [3.8, 4) is 0 Å². The highest BCUT2D eigenvalue weighted by molar-refractivity contribution is 6.89. The first-order valence-electron chi connectivity index (χ1n) is 6.93. The van der Waals surface area contributed by atoms with Crippen molar-refractivity contribution in [3.63, 3.8) is 0 Å². The zero-order valence-corrected chi connectivity index (χ0v) is 12.7. The Morgan fingerprint density at radius 3 is 2.47 bits per heavy atom. The van der Waals surface area contributed by atoms with Crippen LogP contribution in [0.5, 0.6) is 0 Å². The zero-order valence-electron chi connectivity index (χ0n) is 11.7. The van der Waals surface area contributed by atoms with E-state index >= 15 is 0 Å². The van der Waals surface area contributed by atoms with Crippen molar-refractivity contribution in [1.29, 1.82) is 0 Å². The first kappa shape index (κ1) is 12.8. The molecule has 1 fully saturated rings. The molecule has 0 unspecified atom stereocenters. The molecule has 94 valence electrons. The lowest BCUT2D eigenvalue weighted by Crippen LogP contribution is -2.41. The molecular weight excluding hydrogens is 222 g/mol. The molecule has 0 amide bonds. The Morgan fingerprint density at radius 1 is 1.24 bits per heavy atom. The van der Waals surface area contributed by atoms with Crippen LogP contribution >= 0.6 is 0 Å². The molecule has 1 aliphatic rings. The molecule has 1 heterocycles. The third kappa shape index (κ3) is 3.18. The molecule has 0 atom stereocenters. The van der Waals surface area contributed by atoms with E-state index in [1.807, 2.05) is 0 Å². The van der Waals surface area contributed by atoms with Gasteiger partial charge >= 0.3 is 0 Å². The number of nitrogens with zero attached hydrogens (tertiary/aromatic N) is 1. The molecule has 0 aliphatic heterocycles. The summed E-state index contributed by atoms with van der Waals surface area (Å²) in [5.74, 6) is 0.937. The summed E-state index contributed by atoms with van der Waals surface area (Å²) in [4.78, 5) is 4.52. The summed E-state index contributed by atoms with van der Waals surface area (Å²) >= 11 is 0. The average Bonchev–Trinajstić information content (AvgIpc) is 2.68. The standard InChI is InChI=1S/C15H25NSi/c1-12-9-14(10-13-7-5-6-8-13)15(11-16-12)17(2,3)4/h9,11,13H,5-8,10H2,1-4H3. The highest BCUT2D eigenvalue weighted by Crippen LogP contribution is 2.28. The van der Waals surface area contributed by atoms with Gasteiger partial charge in [0.15, 0.2) is 0 Å². The first-order chi connectivity index (χ1) is 7.97. The summed E-state index contributed by atoms with van der Waals surface area (Å²) in [6.45, 7) is 9.40. The topological polar surface area (TPSA) is 12.9 Å². The predicted molar refractivity (Wildman–Crippen MR) is 77.6 cm³/mol. The van der Waals surface area contributed by atoms with Crippen LogP contribution in [0.25, 0.3) is 0 Å². The first-order valence-corrected chi connectivity index (χ1v) is 10.4. The van der Waals surface area contributed by atoms with Gasteiger partial charge in [0.25, 0.3) is 0 Å². The van der Waals surface area contributed by atoms with E-state index in [-0.39, 0.29) is 0 Å². The third-order valence-corrected chi connectivity index (χ3v) is 5.98. The van der Waals surface area contributed by atoms with Crippen molar-refractivity contribution in [1.82, 2.24) is 4.98 Å². The molecule has 0 N–H and O–H groups in total. The summed E-state index contributed by atoms with van der Waals surface area (Å²) in [5, 5.41) is 1.58. The highest BCUT2D eigenvalue weighted by Gasteiger charge is 2.23. The van der Waals surface area contributed by atoms with E-state index in [1.165, 1.54) is 37.8 Å². The van der Waals surface area contributed by atoms with Crippen LogP contribution in [0, 0.1) is 12.8 Å². The van der Waals surface area contributed by atoms with Gasteiger partial charge in [-0.1, -0.05) is 45.3 Å². The molecule has 0 spiro atoms. The molecule has 1 saturated carbocycles. The van der Waals surface area contributed by atoms with Gasteiger partial charge in [-0.3, -0.25) is 4.98 Å². The van der Waals surface area contributed by atoms with Crippen LogP contribution < -0.4 is 5.19 Å². The fourth-order valence-electron chi connectivity index (χ4n) is 2.99. The maximum atomic E-state index is 4.52. The lowest BCUT2D eigenvalue weighted by molar-refractivity contribution is 0.547. The van der Waals surface area contributed by atoms with Crippen molar-refractivity contribution >= 4 is 13.3 Å². The maximum Gasteiger partial charge on any atom is 0.0799 e. The summed E-state index contributed by atoms with van der Waals surface area (Å²) in [6, 6.07) is 2.34. The van der Waals surface area contributed by atoms with Crippen molar-refractivity contribution < 1.29 is 0 Å². The van der Waals surface area contributed by atoms with Gasteiger partial charge in [0.05, 0.1) is 8.07 Å². The average molecular weight is 247 g/mol. The minimum atomic E-state index is -1.24. The van der Waals surface area contributed by atoms with Crippen LogP contribution in [-0.4, -0.2) is 13.1 Å². The SMILES string of the molecule is Cc1cc(CC2CCCC2)c([Si](C)(C)C)cn1. The molecule has 0 saturated heterocycles. The van der Waals surface area contributed by atoms with E-state index < -0.39 is 8.07 Å². The van der Waals surface area contributed by atoms with Crippen LogP contribution in [0.1, 0.15) is 36.9 Å². The molecule has 2 heteroatoms. The Labute approximate surface area is 107 Å². The van der Waals surface area contributed by atoms with E-state index in [0.29, 0.717) is 0 Å². The Morgan fingerprint density at radius 2 is 1.88 bits per heavy atom. The van der Waals surface area contributed by atoms with E-state index in [0.717, 1.165) is 5.92 Å². The fraction of sp³-hybridized carbons (Fsp3) is 0.667. The molecule has 17 heavy (non-hydrogen) atoms. The molecule has 0 aromatic carbocycles. The second-order valence-corrected chi connectivity index (χ2v) is 11.6. The Bertz CT molecular complexity index is 386. The van der Waals surface area contributed by atoms with Crippen LogP contribution in [-0.2, 0) is 6.42 Å². The van der Waals surface area contributed by atoms with E-state index in [9.17, 15) is 0 Å². The second-order valence-electron chi connectivity index (χ2n) is 6.59. The van der Waals surface area contributed by atoms with Gasteiger partial charge in [0, 0.05) is 11.9 Å². The van der Waals surface area contributed by atoms with Gasteiger partial charge < -0.3 is 0 Å². The van der Waals surface area contributed by atoms with E-state index in [1.54, 1.807) is 10.8 Å². The minimum Gasteiger partial charge on any atom is -0.262 e. The zero-order chi connectivity index (χ0) is 12.5. The van der Waals surface area contributed by atoms with Crippen LogP contribution in [0.3, 0.4) is 0 Å². The number of hydrogen-bond acceptors (Lipinski definition) is 1. The van der Waals surface area contributed by atoms with E-state index in [2.05, 4.69) is 43.8 Å². The molecule has 0 bridgehead atoms. The van der Waals surface area contributed by atoms with E-state index in [4.69, 9.17) is 0 Å². The fourth-order valence-corrected chi connectivity index (χ4v) is 4.58. The van der Waals surface area contributed by atoms with Gasteiger partial charge in [0.2, 0.25) is 0 Å². The molecule has 1 nitrogen and oxygen atoms in total. The second kappa shape index (κ2) is 4.93. The molecule has 0 radical (unpaired) electrons. The highest BCUT2D eigenvalue weighted by atomic mass is 28.3. The number of rotatable bonds is 3. The van der Waals surface area contributed by atoms with Crippen molar-refractivity contribution in [3.05, 3.63) is 23.5 Å². The molecule has 2 rings (SSSR count). The summed E-state index contributed by atoms with van der Waals surface area (Å²) < 4.78 is 0. The molecule has 1 aromatic heterocycles. The molecule has 1 aromatic rings. The third-order valence-electron chi connectivity index (χ3n) is 3.92. The van der Waals surface area contributed by atoms with Gasteiger partial charge in [-0.15, -0.1) is 0 Å². The Hall–Kier alpha value is -0.633. The maximum absolute atomic E-state index is 4.52. The van der Waals surface area contributed by atoms with Crippen molar-refractivity contribution in [2.45, 2.75) is 58.7 Å². The van der Waals surface area contributed by atoms with Crippen LogP contribution in [0.15, 0.2) is 12.3 Å². The van der Waals surface area contributed by atoms with Gasteiger partial charge in [-0.05, 0) is 36.1 Å². The van der Waals surface area contributed by atoms with Gasteiger partial charge in [-0.25, -0.2) is 0 Å². The quantitative estimate of drug-likeness (QED) is 0.743. The number of aromatic nitrogens is 1. The lowest BCUT2D eigenvalue weighted by atomic mass is 9.98. The molecular formula is C15H25NSi. The van der Waals surface area contributed by atoms with Crippen molar-refractivity contribution in [2.24, 2.45) is 5.92 Å². The van der Waals surface area contributed by atoms with Crippen molar-refractivity contribution in [2.75, 3.05) is 0 Å². The number of aryl methyl sites for hydroxylation is 1. The number of pyridine rings is 1. The van der Waals surface area contributed by atoms with Crippen LogP contribution in [0.2, 0.25) is 19.6 Å². The number of hydrogen-bond donors (Lipinski definition) is 0. The molecule has 1 aliphatic carbocycles. The normalized spacial score (nSPS) is 17.6. The van der Waals surface area contributed by atoms with Crippen LogP contribution in [0.4, 0.5) is 0 Å². The van der Waals surface area contributed by atoms with Gasteiger partial charge in [-0.2, -0.15) is 0 Å². The Balaban J connectivity index is 2.26. The smallest absolute Gasteiger partial charge is 0.0799 e. The predicted octanol–water partition coefficient (Wildman–Crippen LogP) is 3.67. The largest absolute Gasteiger partial charge is 0.262 e. The lowest BCUT2D eigenvalue weighted by Gasteiger charge is -2.22.